The highest BCUT2D eigenvalue weighted by Crippen LogP contribution is 2.29. The van der Waals surface area contributed by atoms with Crippen molar-refractivity contribution < 1.29 is 4.79 Å². The van der Waals surface area contributed by atoms with Gasteiger partial charge in [0.1, 0.15) is 5.52 Å². The first kappa shape index (κ1) is 12.3. The molecule has 0 unspecified atom stereocenters. The quantitative estimate of drug-likeness (QED) is 0.914. The summed E-state index contributed by atoms with van der Waals surface area (Å²) in [6.07, 6.45) is 4.33. The normalized spacial score (nSPS) is 19.0. The first-order valence-corrected chi connectivity index (χ1v) is 6.89. The predicted molar refractivity (Wildman–Crippen MR) is 76.8 cm³/mol. The van der Waals surface area contributed by atoms with Gasteiger partial charge in [-0.2, -0.15) is 0 Å². The van der Waals surface area contributed by atoms with Gasteiger partial charge in [-0.15, -0.1) is 0 Å². The van der Waals surface area contributed by atoms with Gasteiger partial charge in [-0.1, -0.05) is 0 Å². The maximum atomic E-state index is 11.2. The van der Waals surface area contributed by atoms with E-state index in [0.717, 1.165) is 34.2 Å². The molecule has 19 heavy (non-hydrogen) atoms. The van der Waals surface area contributed by atoms with Crippen LogP contribution in [-0.4, -0.2) is 29.0 Å². The van der Waals surface area contributed by atoms with Gasteiger partial charge in [0.15, 0.2) is 0 Å². The highest BCUT2D eigenvalue weighted by Gasteiger charge is 2.27. The third-order valence-corrected chi connectivity index (χ3v) is 3.89. The van der Waals surface area contributed by atoms with Crippen LogP contribution in [-0.2, 0) is 4.79 Å². The number of primary amides is 1. The number of hydrogen-bond donors (Lipinski definition) is 1. The third-order valence-electron chi connectivity index (χ3n) is 3.45. The van der Waals surface area contributed by atoms with E-state index in [1.165, 1.54) is 0 Å². The predicted octanol–water partition coefficient (Wildman–Crippen LogP) is 1.70. The maximum absolute atomic E-state index is 11.2. The number of halogens is 1. The third kappa shape index (κ3) is 2.28. The first-order valence-electron chi connectivity index (χ1n) is 6.09. The molecule has 1 saturated heterocycles. The molecule has 2 aromatic heterocycles. The molecule has 2 aromatic rings. The molecule has 1 aliphatic rings. The van der Waals surface area contributed by atoms with Crippen molar-refractivity contribution in [2.75, 3.05) is 18.0 Å². The summed E-state index contributed by atoms with van der Waals surface area (Å²) in [6.45, 7) is 1.48. The van der Waals surface area contributed by atoms with E-state index in [-0.39, 0.29) is 11.8 Å². The Balaban J connectivity index is 2.00. The zero-order valence-electron chi connectivity index (χ0n) is 10.2. The lowest BCUT2D eigenvalue weighted by Crippen LogP contribution is -2.27. The van der Waals surface area contributed by atoms with Crippen molar-refractivity contribution in [2.45, 2.75) is 6.42 Å². The molecule has 0 radical (unpaired) electrons. The molecule has 0 aliphatic carbocycles. The Labute approximate surface area is 119 Å². The van der Waals surface area contributed by atoms with Crippen LogP contribution in [0.2, 0.25) is 0 Å². The van der Waals surface area contributed by atoms with Crippen molar-refractivity contribution in [3.8, 4) is 0 Å². The van der Waals surface area contributed by atoms with Crippen molar-refractivity contribution in [1.29, 1.82) is 0 Å². The summed E-state index contributed by atoms with van der Waals surface area (Å²) in [6, 6.07) is 3.88. The van der Waals surface area contributed by atoms with E-state index in [1.807, 2.05) is 12.1 Å². The monoisotopic (exact) mass is 320 g/mol. The summed E-state index contributed by atoms with van der Waals surface area (Å²) in [4.78, 5) is 22.1. The van der Waals surface area contributed by atoms with Crippen molar-refractivity contribution in [2.24, 2.45) is 11.7 Å². The lowest BCUT2D eigenvalue weighted by molar-refractivity contribution is -0.121. The highest BCUT2D eigenvalue weighted by atomic mass is 79.9. The zero-order valence-corrected chi connectivity index (χ0v) is 11.8. The molecule has 6 heteroatoms. The SMILES string of the molecule is NC(=O)[C@H]1CCN(c2ccnc3cc(Br)cnc23)C1. The Bertz CT molecular complexity index is 646. The van der Waals surface area contributed by atoms with E-state index >= 15 is 0 Å². The van der Waals surface area contributed by atoms with E-state index < -0.39 is 0 Å². The van der Waals surface area contributed by atoms with Crippen molar-refractivity contribution in [3.05, 3.63) is 29.0 Å². The number of nitrogens with two attached hydrogens (primary N) is 1. The Morgan fingerprint density at radius 2 is 2.32 bits per heavy atom. The molecule has 3 heterocycles. The van der Waals surface area contributed by atoms with Crippen LogP contribution in [0, 0.1) is 5.92 Å². The number of carbonyl (C=O) groups is 1. The van der Waals surface area contributed by atoms with Crippen molar-refractivity contribution in [3.63, 3.8) is 0 Å². The number of anilines is 1. The van der Waals surface area contributed by atoms with Gasteiger partial charge in [0.05, 0.1) is 17.1 Å². The summed E-state index contributed by atoms with van der Waals surface area (Å²) in [5.41, 5.74) is 8.09. The number of carbonyl (C=O) groups excluding carboxylic acids is 1. The van der Waals surface area contributed by atoms with Crippen LogP contribution < -0.4 is 10.6 Å². The molecular weight excluding hydrogens is 308 g/mol. The number of pyridine rings is 2. The fourth-order valence-electron chi connectivity index (χ4n) is 2.46. The molecule has 0 bridgehead atoms. The molecule has 1 atom stereocenters. The van der Waals surface area contributed by atoms with Gasteiger partial charge in [-0.05, 0) is 34.5 Å². The fourth-order valence-corrected chi connectivity index (χ4v) is 2.78. The van der Waals surface area contributed by atoms with Gasteiger partial charge in [-0.25, -0.2) is 0 Å². The minimum Gasteiger partial charge on any atom is -0.369 e. The first-order chi connectivity index (χ1) is 9.15. The summed E-state index contributed by atoms with van der Waals surface area (Å²) < 4.78 is 0.904. The summed E-state index contributed by atoms with van der Waals surface area (Å²) in [5.74, 6) is -0.296. The maximum Gasteiger partial charge on any atom is 0.222 e. The Hall–Kier alpha value is -1.69. The molecule has 2 N–H and O–H groups in total. The number of rotatable bonds is 2. The van der Waals surface area contributed by atoms with Gasteiger partial charge in [0.25, 0.3) is 0 Å². The molecule has 5 nitrogen and oxygen atoms in total. The van der Waals surface area contributed by atoms with Crippen LogP contribution in [0.1, 0.15) is 6.42 Å². The van der Waals surface area contributed by atoms with Gasteiger partial charge in [0.2, 0.25) is 5.91 Å². The van der Waals surface area contributed by atoms with Crippen LogP contribution in [0.15, 0.2) is 29.0 Å². The molecular formula is C13H13BrN4O. The molecule has 3 rings (SSSR count). The van der Waals surface area contributed by atoms with Crippen LogP contribution in [0.25, 0.3) is 11.0 Å². The molecule has 0 aromatic carbocycles. The Kier molecular flexibility index (Phi) is 3.10. The number of hydrogen-bond acceptors (Lipinski definition) is 4. The van der Waals surface area contributed by atoms with E-state index in [9.17, 15) is 4.79 Å². The molecule has 1 amide bonds. The second kappa shape index (κ2) is 4.77. The number of nitrogens with zero attached hydrogens (tertiary/aromatic N) is 3. The summed E-state index contributed by atoms with van der Waals surface area (Å²) in [5, 5.41) is 0. The molecule has 98 valence electrons. The number of aromatic nitrogens is 2. The topological polar surface area (TPSA) is 72.1 Å². The Morgan fingerprint density at radius 3 is 3.05 bits per heavy atom. The van der Waals surface area contributed by atoms with Crippen LogP contribution in [0.3, 0.4) is 0 Å². The van der Waals surface area contributed by atoms with Gasteiger partial charge < -0.3 is 10.6 Å². The van der Waals surface area contributed by atoms with E-state index in [0.29, 0.717) is 6.54 Å². The zero-order chi connectivity index (χ0) is 13.4. The van der Waals surface area contributed by atoms with Crippen LogP contribution >= 0.6 is 15.9 Å². The average molecular weight is 321 g/mol. The Morgan fingerprint density at radius 1 is 1.47 bits per heavy atom. The van der Waals surface area contributed by atoms with Gasteiger partial charge in [0, 0.05) is 30.0 Å². The average Bonchev–Trinajstić information content (AvgIpc) is 2.87. The molecule has 0 spiro atoms. The molecule has 0 saturated carbocycles. The summed E-state index contributed by atoms with van der Waals surface area (Å²) in [7, 11) is 0. The second-order valence-corrected chi connectivity index (χ2v) is 5.60. The van der Waals surface area contributed by atoms with Crippen molar-refractivity contribution in [1.82, 2.24) is 9.97 Å². The van der Waals surface area contributed by atoms with E-state index in [2.05, 4.69) is 30.8 Å². The lowest BCUT2D eigenvalue weighted by atomic mass is 10.1. The molecule has 1 aliphatic heterocycles. The van der Waals surface area contributed by atoms with E-state index in [1.54, 1.807) is 12.4 Å². The second-order valence-electron chi connectivity index (χ2n) is 4.69. The van der Waals surface area contributed by atoms with Gasteiger partial charge in [-0.3, -0.25) is 14.8 Å². The lowest BCUT2D eigenvalue weighted by Gasteiger charge is -2.19. The van der Waals surface area contributed by atoms with Crippen molar-refractivity contribution >= 4 is 38.6 Å². The fraction of sp³-hybridized carbons (Fsp3) is 0.308. The minimum absolute atomic E-state index is 0.0707. The minimum atomic E-state index is -0.225. The largest absolute Gasteiger partial charge is 0.369 e. The standard InChI is InChI=1S/C13H13BrN4O/c14-9-5-10-12(17-6-9)11(1-3-16-10)18-4-2-8(7-18)13(15)19/h1,3,5-6,8H,2,4,7H2,(H2,15,19)/t8-/m0/s1. The van der Waals surface area contributed by atoms with E-state index in [4.69, 9.17) is 5.73 Å². The van der Waals surface area contributed by atoms with Crippen LogP contribution in [0.4, 0.5) is 5.69 Å². The van der Waals surface area contributed by atoms with Gasteiger partial charge >= 0.3 is 0 Å². The smallest absolute Gasteiger partial charge is 0.222 e. The number of fused-ring (bicyclic) bond motifs is 1. The highest BCUT2D eigenvalue weighted by molar-refractivity contribution is 9.10. The number of amides is 1. The van der Waals surface area contributed by atoms with Crippen LogP contribution in [0.5, 0.6) is 0 Å². The molecule has 1 fully saturated rings. The summed E-state index contributed by atoms with van der Waals surface area (Å²) >= 11 is 3.39.